The average Bonchev–Trinajstić information content (AvgIpc) is 3.38. The van der Waals surface area contributed by atoms with Crippen molar-refractivity contribution in [1.29, 1.82) is 0 Å². The van der Waals surface area contributed by atoms with E-state index in [1.807, 2.05) is 18.3 Å². The number of pyridine rings is 1. The number of aromatic amines is 2. The van der Waals surface area contributed by atoms with E-state index in [1.54, 1.807) is 6.20 Å². The summed E-state index contributed by atoms with van der Waals surface area (Å²) < 4.78 is 0. The van der Waals surface area contributed by atoms with Gasteiger partial charge in [0.1, 0.15) is 5.82 Å². The lowest BCUT2D eigenvalue weighted by Crippen LogP contribution is -2.42. The third kappa shape index (κ3) is 3.67. The van der Waals surface area contributed by atoms with Crippen LogP contribution in [0.5, 0.6) is 0 Å². The van der Waals surface area contributed by atoms with Crippen molar-refractivity contribution in [1.82, 2.24) is 35.4 Å². The van der Waals surface area contributed by atoms with Gasteiger partial charge >= 0.3 is 0 Å². The van der Waals surface area contributed by atoms with Gasteiger partial charge in [-0.1, -0.05) is 6.07 Å². The van der Waals surface area contributed by atoms with Crippen molar-refractivity contribution in [3.05, 3.63) is 65.9 Å². The van der Waals surface area contributed by atoms with Crippen LogP contribution < -0.4 is 5.32 Å². The van der Waals surface area contributed by atoms with E-state index in [0.29, 0.717) is 6.42 Å². The summed E-state index contributed by atoms with van der Waals surface area (Å²) in [5.74, 6) is 0.934. The number of piperazine rings is 1. The first-order chi connectivity index (χ1) is 13.8. The van der Waals surface area contributed by atoms with E-state index < -0.39 is 0 Å². The minimum absolute atomic E-state index is 0.698. The Bertz CT molecular complexity index is 1060. The average molecular weight is 373 g/mol. The third-order valence-corrected chi connectivity index (χ3v) is 5.19. The van der Waals surface area contributed by atoms with Crippen LogP contribution in [-0.2, 0) is 13.0 Å². The Morgan fingerprint density at radius 3 is 2.79 bits per heavy atom. The molecule has 0 radical (unpaired) electrons. The molecule has 1 aliphatic rings. The fraction of sp³-hybridized carbons (Fsp3) is 0.286. The first kappa shape index (κ1) is 17.1. The van der Waals surface area contributed by atoms with Gasteiger partial charge in [-0.05, 0) is 35.9 Å². The van der Waals surface area contributed by atoms with E-state index in [1.165, 1.54) is 5.56 Å². The summed E-state index contributed by atoms with van der Waals surface area (Å²) in [5.41, 5.74) is 6.44. The molecule has 142 valence electrons. The SMILES string of the molecule is c1cc(-c2ccc3nc(Cc4cc(CN5CCNCC5)ccn4)[nH]c3c2)[nH]n1. The van der Waals surface area contributed by atoms with Gasteiger partial charge in [0.25, 0.3) is 0 Å². The Kier molecular flexibility index (Phi) is 4.60. The summed E-state index contributed by atoms with van der Waals surface area (Å²) in [6, 6.07) is 12.5. The number of nitrogens with one attached hydrogen (secondary N) is 3. The smallest absolute Gasteiger partial charge is 0.113 e. The highest BCUT2D eigenvalue weighted by Gasteiger charge is 2.11. The van der Waals surface area contributed by atoms with E-state index in [9.17, 15) is 0 Å². The van der Waals surface area contributed by atoms with Gasteiger partial charge in [-0.2, -0.15) is 5.10 Å². The maximum absolute atomic E-state index is 4.74. The minimum atomic E-state index is 0.698. The third-order valence-electron chi connectivity index (χ3n) is 5.19. The number of nitrogens with zero attached hydrogens (tertiary/aromatic N) is 4. The quantitative estimate of drug-likeness (QED) is 0.500. The van der Waals surface area contributed by atoms with Crippen LogP contribution in [0.2, 0.25) is 0 Å². The van der Waals surface area contributed by atoms with E-state index in [-0.39, 0.29) is 0 Å². The van der Waals surface area contributed by atoms with Gasteiger partial charge in [-0.15, -0.1) is 0 Å². The molecule has 0 saturated carbocycles. The zero-order valence-corrected chi connectivity index (χ0v) is 15.7. The van der Waals surface area contributed by atoms with Crippen molar-refractivity contribution >= 4 is 11.0 Å². The molecule has 3 aromatic heterocycles. The maximum Gasteiger partial charge on any atom is 0.113 e. The molecule has 0 aliphatic carbocycles. The Labute approximate surface area is 163 Å². The van der Waals surface area contributed by atoms with Crippen LogP contribution in [0.1, 0.15) is 17.1 Å². The van der Waals surface area contributed by atoms with Crippen LogP contribution in [0.25, 0.3) is 22.3 Å². The summed E-state index contributed by atoms with van der Waals surface area (Å²) in [6.07, 6.45) is 4.37. The van der Waals surface area contributed by atoms with Crippen molar-refractivity contribution < 1.29 is 0 Å². The van der Waals surface area contributed by atoms with Crippen LogP contribution in [0, 0.1) is 0 Å². The molecule has 1 fully saturated rings. The van der Waals surface area contributed by atoms with Crippen LogP contribution in [-0.4, -0.2) is 56.2 Å². The van der Waals surface area contributed by atoms with Gasteiger partial charge < -0.3 is 10.3 Å². The summed E-state index contributed by atoms with van der Waals surface area (Å²) in [4.78, 5) is 15.2. The van der Waals surface area contributed by atoms with Gasteiger partial charge in [-0.3, -0.25) is 15.0 Å². The number of rotatable bonds is 5. The van der Waals surface area contributed by atoms with Crippen molar-refractivity contribution in [3.63, 3.8) is 0 Å². The molecule has 0 spiro atoms. The fourth-order valence-electron chi connectivity index (χ4n) is 3.75. The Morgan fingerprint density at radius 1 is 1.00 bits per heavy atom. The molecule has 4 aromatic rings. The maximum atomic E-state index is 4.74. The van der Waals surface area contributed by atoms with E-state index >= 15 is 0 Å². The zero-order chi connectivity index (χ0) is 18.8. The number of H-pyrrole nitrogens is 2. The normalized spacial score (nSPS) is 15.3. The Balaban J connectivity index is 1.34. The Hall–Kier alpha value is -3.03. The second-order valence-corrected chi connectivity index (χ2v) is 7.24. The van der Waals surface area contributed by atoms with E-state index in [4.69, 9.17) is 4.98 Å². The van der Waals surface area contributed by atoms with Crippen LogP contribution in [0.4, 0.5) is 0 Å². The monoisotopic (exact) mass is 373 g/mol. The van der Waals surface area contributed by atoms with Crippen molar-refractivity contribution in [2.45, 2.75) is 13.0 Å². The van der Waals surface area contributed by atoms with Crippen molar-refractivity contribution in [2.24, 2.45) is 0 Å². The van der Waals surface area contributed by atoms with E-state index in [0.717, 1.165) is 66.5 Å². The summed E-state index contributed by atoms with van der Waals surface area (Å²) in [7, 11) is 0. The highest BCUT2D eigenvalue weighted by Crippen LogP contribution is 2.22. The first-order valence-corrected chi connectivity index (χ1v) is 9.69. The Morgan fingerprint density at radius 2 is 1.93 bits per heavy atom. The van der Waals surface area contributed by atoms with Crippen LogP contribution >= 0.6 is 0 Å². The molecule has 3 N–H and O–H groups in total. The molecule has 7 heteroatoms. The van der Waals surface area contributed by atoms with Gasteiger partial charge in [0.15, 0.2) is 0 Å². The number of fused-ring (bicyclic) bond motifs is 1. The molecule has 28 heavy (non-hydrogen) atoms. The molecule has 1 aromatic carbocycles. The molecule has 0 bridgehead atoms. The topological polar surface area (TPSA) is 85.5 Å². The molecular formula is C21H23N7. The number of hydrogen-bond acceptors (Lipinski definition) is 5. The molecule has 4 heterocycles. The summed E-state index contributed by atoms with van der Waals surface area (Å²) in [6.45, 7) is 5.31. The summed E-state index contributed by atoms with van der Waals surface area (Å²) >= 11 is 0. The zero-order valence-electron chi connectivity index (χ0n) is 15.7. The molecule has 0 unspecified atom stereocenters. The molecule has 1 saturated heterocycles. The number of hydrogen-bond donors (Lipinski definition) is 3. The minimum Gasteiger partial charge on any atom is -0.342 e. The van der Waals surface area contributed by atoms with Gasteiger partial charge in [-0.25, -0.2) is 4.98 Å². The fourth-order valence-corrected chi connectivity index (χ4v) is 3.75. The predicted octanol–water partition coefficient (Wildman–Crippen LogP) is 2.34. The highest BCUT2D eigenvalue weighted by molar-refractivity contribution is 5.81. The molecule has 5 rings (SSSR count). The van der Waals surface area contributed by atoms with Crippen LogP contribution in [0.15, 0.2) is 48.8 Å². The number of aromatic nitrogens is 5. The van der Waals surface area contributed by atoms with E-state index in [2.05, 4.69) is 54.6 Å². The molecule has 0 atom stereocenters. The lowest BCUT2D eigenvalue weighted by atomic mass is 10.1. The summed E-state index contributed by atoms with van der Waals surface area (Å²) in [5, 5.41) is 10.4. The van der Waals surface area contributed by atoms with Gasteiger partial charge in [0.2, 0.25) is 0 Å². The lowest BCUT2D eigenvalue weighted by Gasteiger charge is -2.27. The van der Waals surface area contributed by atoms with Gasteiger partial charge in [0, 0.05) is 62.8 Å². The molecule has 0 amide bonds. The lowest BCUT2D eigenvalue weighted by molar-refractivity contribution is 0.233. The second kappa shape index (κ2) is 7.53. The molecule has 7 nitrogen and oxygen atoms in total. The van der Waals surface area contributed by atoms with Crippen molar-refractivity contribution in [3.8, 4) is 11.3 Å². The number of benzene rings is 1. The molecule has 1 aliphatic heterocycles. The van der Waals surface area contributed by atoms with Gasteiger partial charge in [0.05, 0.1) is 16.7 Å². The highest BCUT2D eigenvalue weighted by atomic mass is 15.2. The van der Waals surface area contributed by atoms with Crippen molar-refractivity contribution in [2.75, 3.05) is 26.2 Å². The first-order valence-electron chi connectivity index (χ1n) is 9.69. The predicted molar refractivity (Wildman–Crippen MR) is 109 cm³/mol. The molecular weight excluding hydrogens is 350 g/mol. The second-order valence-electron chi connectivity index (χ2n) is 7.24. The largest absolute Gasteiger partial charge is 0.342 e. The standard InChI is InChI=1S/C21H23N7/c1-2-19-20(12-16(1)18-4-6-24-27-18)26-21(25-19)13-17-11-15(3-5-23-17)14-28-9-7-22-8-10-28/h1-6,11-12,22H,7-10,13-14H2,(H,24,27)(H,25,26). The van der Waals surface area contributed by atoms with Crippen LogP contribution in [0.3, 0.4) is 0 Å². The number of imidazole rings is 1.